The molecule has 1 aromatic carbocycles. The van der Waals surface area contributed by atoms with Crippen molar-refractivity contribution >= 4 is 0 Å². The molecule has 1 radical (unpaired) electrons. The lowest BCUT2D eigenvalue weighted by Crippen LogP contribution is -2.36. The Balaban J connectivity index is 2.02. The van der Waals surface area contributed by atoms with Crippen molar-refractivity contribution in [2.75, 3.05) is 13.1 Å². The Labute approximate surface area is 71.8 Å². The maximum absolute atomic E-state index is 12.7. The molecule has 2 heteroatoms. The highest BCUT2D eigenvalue weighted by molar-refractivity contribution is 5.14. The average molecular weight is 164 g/mol. The zero-order valence-electron chi connectivity index (χ0n) is 6.89. The lowest BCUT2D eigenvalue weighted by Gasteiger charge is -2.30. The topological polar surface area (TPSA) is 3.24 Å². The molecule has 1 aliphatic heterocycles. The van der Waals surface area contributed by atoms with E-state index in [0.29, 0.717) is 0 Å². The van der Waals surface area contributed by atoms with Crippen LogP contribution >= 0.6 is 0 Å². The van der Waals surface area contributed by atoms with Crippen LogP contribution in [0, 0.1) is 11.9 Å². The van der Waals surface area contributed by atoms with Crippen LogP contribution in [0.1, 0.15) is 12.0 Å². The summed E-state index contributed by atoms with van der Waals surface area (Å²) in [6.45, 7) is 3.13. The monoisotopic (exact) mass is 164 g/mol. The highest BCUT2D eigenvalue weighted by Gasteiger charge is 2.13. The molecule has 0 bridgehead atoms. The molecule has 1 aromatic rings. The molecule has 0 aliphatic carbocycles. The van der Waals surface area contributed by atoms with Gasteiger partial charge in [0.15, 0.2) is 0 Å². The van der Waals surface area contributed by atoms with E-state index in [9.17, 15) is 4.39 Å². The summed E-state index contributed by atoms with van der Waals surface area (Å²) in [5.74, 6) is -0.256. The fourth-order valence-electron chi connectivity index (χ4n) is 1.36. The minimum Gasteiger partial charge on any atom is -0.299 e. The zero-order chi connectivity index (χ0) is 8.39. The summed E-state index contributed by atoms with van der Waals surface area (Å²) >= 11 is 0. The van der Waals surface area contributed by atoms with Crippen LogP contribution in [0.5, 0.6) is 0 Å². The summed E-state index contributed by atoms with van der Waals surface area (Å²) in [5, 5.41) is 0. The van der Waals surface area contributed by atoms with Gasteiger partial charge in [-0.25, -0.2) is 4.39 Å². The minimum atomic E-state index is -0.256. The molecule has 0 aromatic heterocycles. The molecular weight excluding hydrogens is 153 g/mol. The van der Waals surface area contributed by atoms with Gasteiger partial charge in [0, 0.05) is 12.6 Å². The van der Waals surface area contributed by atoms with Gasteiger partial charge < -0.3 is 0 Å². The smallest absolute Gasteiger partial charge is 0.131 e. The van der Waals surface area contributed by atoms with E-state index in [1.165, 1.54) is 12.5 Å². The molecule has 1 aliphatic rings. The number of halogens is 1. The summed E-state index contributed by atoms with van der Waals surface area (Å²) in [6, 6.07) is 7.78. The van der Waals surface area contributed by atoms with Crippen molar-refractivity contribution < 1.29 is 4.39 Å². The summed E-state index contributed by atoms with van der Waals surface area (Å²) in [7, 11) is 0. The molecule has 1 heterocycles. The van der Waals surface area contributed by atoms with E-state index in [1.54, 1.807) is 6.07 Å². The van der Waals surface area contributed by atoms with Crippen LogP contribution in [0.15, 0.2) is 18.2 Å². The molecule has 1 saturated heterocycles. The second-order valence-electron chi connectivity index (χ2n) is 3.15. The highest BCUT2D eigenvalue weighted by Crippen LogP contribution is 2.12. The lowest BCUT2D eigenvalue weighted by molar-refractivity contribution is 0.172. The molecule has 12 heavy (non-hydrogen) atoms. The van der Waals surface area contributed by atoms with Gasteiger partial charge in [-0.15, -0.1) is 0 Å². The molecule has 0 unspecified atom stereocenters. The quantitative estimate of drug-likeness (QED) is 0.644. The SMILES string of the molecule is Fc1[c]c(CN2CCC2)ccc1. The lowest BCUT2D eigenvalue weighted by atomic mass is 10.1. The van der Waals surface area contributed by atoms with Crippen LogP contribution in [0.25, 0.3) is 0 Å². The zero-order valence-corrected chi connectivity index (χ0v) is 6.89. The first-order valence-corrected chi connectivity index (χ1v) is 4.24. The first-order chi connectivity index (χ1) is 5.84. The molecule has 63 valence electrons. The number of hydrogen-bond acceptors (Lipinski definition) is 1. The molecule has 1 fully saturated rings. The van der Waals surface area contributed by atoms with Gasteiger partial charge in [0.05, 0.1) is 0 Å². The van der Waals surface area contributed by atoms with Gasteiger partial charge in [0.2, 0.25) is 0 Å². The molecule has 0 atom stereocenters. The summed E-state index contributed by atoms with van der Waals surface area (Å²) in [4.78, 5) is 2.28. The maximum Gasteiger partial charge on any atom is 0.131 e. The van der Waals surface area contributed by atoms with Crippen molar-refractivity contribution in [3.63, 3.8) is 0 Å². The Morgan fingerprint density at radius 2 is 2.25 bits per heavy atom. The van der Waals surface area contributed by atoms with E-state index in [-0.39, 0.29) is 5.82 Å². The normalized spacial score (nSPS) is 17.4. The van der Waals surface area contributed by atoms with E-state index in [4.69, 9.17) is 0 Å². The van der Waals surface area contributed by atoms with E-state index in [1.807, 2.05) is 6.07 Å². The fraction of sp³-hybridized carbons (Fsp3) is 0.400. The Kier molecular flexibility index (Phi) is 2.09. The van der Waals surface area contributed by atoms with Gasteiger partial charge in [0.25, 0.3) is 0 Å². The summed E-state index contributed by atoms with van der Waals surface area (Å²) < 4.78 is 12.7. The third kappa shape index (κ3) is 1.64. The molecule has 0 spiro atoms. The van der Waals surface area contributed by atoms with Crippen molar-refractivity contribution in [3.05, 3.63) is 35.6 Å². The van der Waals surface area contributed by atoms with Gasteiger partial charge >= 0.3 is 0 Å². The number of nitrogens with zero attached hydrogens (tertiary/aromatic N) is 1. The Morgan fingerprint density at radius 1 is 1.42 bits per heavy atom. The molecule has 0 amide bonds. The van der Waals surface area contributed by atoms with Crippen molar-refractivity contribution in [1.82, 2.24) is 4.90 Å². The van der Waals surface area contributed by atoms with Gasteiger partial charge in [0.1, 0.15) is 5.82 Å². The average Bonchev–Trinajstić information content (AvgIpc) is 1.97. The minimum absolute atomic E-state index is 0.256. The van der Waals surface area contributed by atoms with Crippen LogP contribution in [0.4, 0.5) is 4.39 Å². The number of likely N-dealkylation sites (tertiary alicyclic amines) is 1. The first kappa shape index (κ1) is 7.74. The van der Waals surface area contributed by atoms with Crippen LogP contribution in [-0.4, -0.2) is 18.0 Å². The van der Waals surface area contributed by atoms with E-state index in [0.717, 1.165) is 25.2 Å². The number of benzene rings is 1. The third-order valence-corrected chi connectivity index (χ3v) is 2.16. The van der Waals surface area contributed by atoms with Crippen LogP contribution in [0.2, 0.25) is 0 Å². The Hall–Kier alpha value is -0.890. The van der Waals surface area contributed by atoms with Gasteiger partial charge in [-0.2, -0.15) is 0 Å². The van der Waals surface area contributed by atoms with Crippen molar-refractivity contribution in [3.8, 4) is 0 Å². The van der Waals surface area contributed by atoms with Crippen LogP contribution < -0.4 is 0 Å². The van der Waals surface area contributed by atoms with E-state index in [2.05, 4.69) is 11.0 Å². The fourth-order valence-corrected chi connectivity index (χ4v) is 1.36. The first-order valence-electron chi connectivity index (χ1n) is 4.24. The molecule has 0 N–H and O–H groups in total. The van der Waals surface area contributed by atoms with E-state index >= 15 is 0 Å². The van der Waals surface area contributed by atoms with Gasteiger partial charge in [-0.1, -0.05) is 12.1 Å². The standard InChI is InChI=1S/C10H11FN/c11-10-4-1-3-9(7-10)8-12-5-2-6-12/h1,3-4H,2,5-6,8H2. The van der Waals surface area contributed by atoms with Crippen LogP contribution in [0.3, 0.4) is 0 Å². The highest BCUT2D eigenvalue weighted by atomic mass is 19.1. The molecular formula is C10H11FN. The molecule has 1 nitrogen and oxygen atoms in total. The maximum atomic E-state index is 12.7. The Bertz CT molecular complexity index is 268. The predicted octanol–water partition coefficient (Wildman–Crippen LogP) is 1.83. The third-order valence-electron chi connectivity index (χ3n) is 2.16. The molecule has 2 rings (SSSR count). The summed E-state index contributed by atoms with van der Waals surface area (Å²) in [6.07, 6.45) is 1.27. The predicted molar refractivity (Wildman–Crippen MR) is 45.1 cm³/mol. The summed E-state index contributed by atoms with van der Waals surface area (Å²) in [5.41, 5.74) is 0.953. The largest absolute Gasteiger partial charge is 0.299 e. The number of hydrogen-bond donors (Lipinski definition) is 0. The Morgan fingerprint density at radius 3 is 2.83 bits per heavy atom. The van der Waals surface area contributed by atoms with Crippen molar-refractivity contribution in [2.24, 2.45) is 0 Å². The second-order valence-corrected chi connectivity index (χ2v) is 3.15. The van der Waals surface area contributed by atoms with Crippen molar-refractivity contribution in [1.29, 1.82) is 0 Å². The molecule has 0 saturated carbocycles. The van der Waals surface area contributed by atoms with E-state index < -0.39 is 0 Å². The number of rotatable bonds is 2. The van der Waals surface area contributed by atoms with Crippen molar-refractivity contribution in [2.45, 2.75) is 13.0 Å². The van der Waals surface area contributed by atoms with Gasteiger partial charge in [-0.05, 0) is 31.1 Å². The second kappa shape index (κ2) is 3.23. The van der Waals surface area contributed by atoms with Crippen LogP contribution in [-0.2, 0) is 6.54 Å². The van der Waals surface area contributed by atoms with Gasteiger partial charge in [-0.3, -0.25) is 4.90 Å².